The van der Waals surface area contributed by atoms with Gasteiger partial charge in [-0.15, -0.1) is 0 Å². The first-order valence-electron chi connectivity index (χ1n) is 11.1. The lowest BCUT2D eigenvalue weighted by atomic mass is 10.1. The lowest BCUT2D eigenvalue weighted by molar-refractivity contribution is -0.139. The Morgan fingerprint density at radius 3 is 2.14 bits per heavy atom. The van der Waals surface area contributed by atoms with Crippen molar-refractivity contribution in [2.45, 2.75) is 31.3 Å². The van der Waals surface area contributed by atoms with Gasteiger partial charge < -0.3 is 10.2 Å². The maximum Gasteiger partial charge on any atom is 0.264 e. The normalized spacial score (nSPS) is 12.0. The first kappa shape index (κ1) is 26.8. The highest BCUT2D eigenvalue weighted by atomic mass is 32.2. The molecule has 7 nitrogen and oxygen atoms in total. The smallest absolute Gasteiger partial charge is 0.264 e. The van der Waals surface area contributed by atoms with E-state index in [4.69, 9.17) is 0 Å². The average Bonchev–Trinajstić information content (AvgIpc) is 2.86. The number of halogens is 2. The summed E-state index contributed by atoms with van der Waals surface area (Å²) in [5.41, 5.74) is 1.06. The Morgan fingerprint density at radius 2 is 1.56 bits per heavy atom. The molecule has 3 aromatic carbocycles. The van der Waals surface area contributed by atoms with E-state index in [0.29, 0.717) is 0 Å². The third kappa shape index (κ3) is 6.06. The topological polar surface area (TPSA) is 86.8 Å². The van der Waals surface area contributed by atoms with Crippen LogP contribution in [0.1, 0.15) is 18.1 Å². The molecule has 36 heavy (non-hydrogen) atoms. The molecule has 3 aromatic rings. The van der Waals surface area contributed by atoms with E-state index >= 15 is 0 Å². The van der Waals surface area contributed by atoms with Gasteiger partial charge in [0.05, 0.1) is 10.6 Å². The van der Waals surface area contributed by atoms with Gasteiger partial charge in [0.15, 0.2) is 0 Å². The number of benzene rings is 3. The Labute approximate surface area is 209 Å². The second kappa shape index (κ2) is 11.3. The van der Waals surface area contributed by atoms with Crippen LogP contribution in [0.3, 0.4) is 0 Å². The average molecular weight is 516 g/mol. The number of likely N-dealkylation sites (N-methyl/N-ethyl adjacent to an activating group) is 1. The van der Waals surface area contributed by atoms with Crippen molar-refractivity contribution in [2.75, 3.05) is 17.9 Å². The van der Waals surface area contributed by atoms with Gasteiger partial charge in [-0.25, -0.2) is 17.2 Å². The van der Waals surface area contributed by atoms with E-state index < -0.39 is 46.1 Å². The van der Waals surface area contributed by atoms with Gasteiger partial charge in [0, 0.05) is 19.2 Å². The van der Waals surface area contributed by atoms with Crippen LogP contribution in [-0.2, 0) is 26.2 Å². The number of anilines is 1. The van der Waals surface area contributed by atoms with Gasteiger partial charge in [-0.05, 0) is 56.3 Å². The summed E-state index contributed by atoms with van der Waals surface area (Å²) in [6.07, 6.45) is 0. The van der Waals surface area contributed by atoms with Crippen LogP contribution >= 0.6 is 0 Å². The third-order valence-electron chi connectivity index (χ3n) is 5.71. The molecule has 0 aliphatic rings. The molecule has 0 spiro atoms. The fourth-order valence-corrected chi connectivity index (χ4v) is 4.99. The predicted molar refractivity (Wildman–Crippen MR) is 133 cm³/mol. The number of aryl methyl sites for hydroxylation is 1. The molecule has 2 amide bonds. The summed E-state index contributed by atoms with van der Waals surface area (Å²) in [5, 5.41) is 2.45. The molecule has 0 heterocycles. The molecule has 0 saturated heterocycles. The van der Waals surface area contributed by atoms with Crippen molar-refractivity contribution in [1.29, 1.82) is 0 Å². The molecule has 0 aromatic heterocycles. The van der Waals surface area contributed by atoms with E-state index in [1.807, 2.05) is 0 Å². The van der Waals surface area contributed by atoms with Crippen LogP contribution in [0.15, 0.2) is 77.7 Å². The zero-order valence-electron chi connectivity index (χ0n) is 20.1. The molecular formula is C26H27F2N3O4S. The number of nitrogens with zero attached hydrogens (tertiary/aromatic N) is 2. The summed E-state index contributed by atoms with van der Waals surface area (Å²) in [4.78, 5) is 27.0. The SMILES string of the molecule is CNC(=O)[C@H](C)N(Cc1ccccc1F)C(=O)CN(c1ccc(F)cc1)S(=O)(=O)c1ccc(C)cc1. The highest BCUT2D eigenvalue weighted by molar-refractivity contribution is 7.92. The number of sulfonamides is 1. The van der Waals surface area contributed by atoms with Crippen molar-refractivity contribution in [2.24, 2.45) is 0 Å². The minimum absolute atomic E-state index is 0.0590. The summed E-state index contributed by atoms with van der Waals surface area (Å²) in [6, 6.07) is 15.5. The van der Waals surface area contributed by atoms with Crippen molar-refractivity contribution in [1.82, 2.24) is 10.2 Å². The number of rotatable bonds is 9. The van der Waals surface area contributed by atoms with Crippen LogP contribution in [0.5, 0.6) is 0 Å². The molecular weight excluding hydrogens is 488 g/mol. The summed E-state index contributed by atoms with van der Waals surface area (Å²) in [6.45, 7) is 2.31. The number of amides is 2. The minimum Gasteiger partial charge on any atom is -0.357 e. The molecule has 190 valence electrons. The molecule has 10 heteroatoms. The maximum absolute atomic E-state index is 14.4. The monoisotopic (exact) mass is 515 g/mol. The summed E-state index contributed by atoms with van der Waals surface area (Å²) >= 11 is 0. The molecule has 0 unspecified atom stereocenters. The van der Waals surface area contributed by atoms with Crippen molar-refractivity contribution < 1.29 is 26.8 Å². The maximum atomic E-state index is 14.4. The van der Waals surface area contributed by atoms with E-state index in [1.54, 1.807) is 25.1 Å². The molecule has 1 N–H and O–H groups in total. The molecule has 0 aliphatic heterocycles. The zero-order valence-corrected chi connectivity index (χ0v) is 20.9. The van der Waals surface area contributed by atoms with Gasteiger partial charge in [-0.3, -0.25) is 13.9 Å². The lowest BCUT2D eigenvalue weighted by Gasteiger charge is -2.31. The third-order valence-corrected chi connectivity index (χ3v) is 7.50. The number of hydrogen-bond donors (Lipinski definition) is 1. The summed E-state index contributed by atoms with van der Waals surface area (Å²) < 4.78 is 56.0. The van der Waals surface area contributed by atoms with Gasteiger partial charge >= 0.3 is 0 Å². The van der Waals surface area contributed by atoms with Crippen LogP contribution in [0.2, 0.25) is 0 Å². The Kier molecular flexibility index (Phi) is 8.41. The zero-order chi connectivity index (χ0) is 26.5. The van der Waals surface area contributed by atoms with Crippen LogP contribution in [0.25, 0.3) is 0 Å². The van der Waals surface area contributed by atoms with E-state index in [2.05, 4.69) is 5.32 Å². The second-order valence-electron chi connectivity index (χ2n) is 8.20. The van der Waals surface area contributed by atoms with Gasteiger partial charge in [0.1, 0.15) is 24.2 Å². The minimum atomic E-state index is -4.26. The number of nitrogens with one attached hydrogen (secondary N) is 1. The number of hydrogen-bond acceptors (Lipinski definition) is 4. The van der Waals surface area contributed by atoms with Crippen molar-refractivity contribution in [3.8, 4) is 0 Å². The molecule has 0 aliphatic carbocycles. The quantitative estimate of drug-likeness (QED) is 0.472. The first-order chi connectivity index (χ1) is 17.0. The van der Waals surface area contributed by atoms with Gasteiger partial charge in [0.25, 0.3) is 10.0 Å². The molecule has 0 saturated carbocycles. The van der Waals surface area contributed by atoms with Crippen LogP contribution < -0.4 is 9.62 Å². The predicted octanol–water partition coefficient (Wildman–Crippen LogP) is 3.63. The first-order valence-corrected chi connectivity index (χ1v) is 12.6. The molecule has 1 atom stereocenters. The van der Waals surface area contributed by atoms with E-state index in [1.165, 1.54) is 56.4 Å². The lowest BCUT2D eigenvalue weighted by Crippen LogP contribution is -2.50. The van der Waals surface area contributed by atoms with Crippen molar-refractivity contribution in [3.63, 3.8) is 0 Å². The van der Waals surface area contributed by atoms with E-state index in [-0.39, 0.29) is 22.7 Å². The fraction of sp³-hybridized carbons (Fsp3) is 0.231. The fourth-order valence-electron chi connectivity index (χ4n) is 3.58. The van der Waals surface area contributed by atoms with Gasteiger partial charge in [-0.1, -0.05) is 35.9 Å². The Bertz CT molecular complexity index is 1330. The number of carbonyl (C=O) groups excluding carboxylic acids is 2. The second-order valence-corrected chi connectivity index (χ2v) is 10.1. The standard InChI is InChI=1S/C26H27F2N3O4S/c1-18-8-14-23(15-9-18)36(34,35)31(22-12-10-21(27)11-13-22)17-25(32)30(19(2)26(33)29-3)16-20-6-4-5-7-24(20)28/h4-15,19H,16-17H2,1-3H3,(H,29,33)/t19-/m0/s1. The van der Waals surface area contributed by atoms with Gasteiger partial charge in [-0.2, -0.15) is 0 Å². The van der Waals surface area contributed by atoms with E-state index in [9.17, 15) is 26.8 Å². The summed E-state index contributed by atoms with van der Waals surface area (Å²) in [5.74, 6) is -2.39. The van der Waals surface area contributed by atoms with Crippen molar-refractivity contribution in [3.05, 3.63) is 95.6 Å². The van der Waals surface area contributed by atoms with Crippen molar-refractivity contribution >= 4 is 27.5 Å². The van der Waals surface area contributed by atoms with Crippen LogP contribution in [0, 0.1) is 18.6 Å². The Hall–Kier alpha value is -3.79. The molecule has 0 bridgehead atoms. The number of carbonyl (C=O) groups is 2. The van der Waals surface area contributed by atoms with Crippen LogP contribution in [-0.4, -0.2) is 44.8 Å². The van der Waals surface area contributed by atoms with Gasteiger partial charge in [0.2, 0.25) is 11.8 Å². The van der Waals surface area contributed by atoms with E-state index in [0.717, 1.165) is 26.9 Å². The summed E-state index contributed by atoms with van der Waals surface area (Å²) in [7, 11) is -2.86. The largest absolute Gasteiger partial charge is 0.357 e. The Balaban J connectivity index is 2.03. The van der Waals surface area contributed by atoms with Crippen LogP contribution in [0.4, 0.5) is 14.5 Å². The highest BCUT2D eigenvalue weighted by Crippen LogP contribution is 2.25. The highest BCUT2D eigenvalue weighted by Gasteiger charge is 2.32. The molecule has 3 rings (SSSR count). The molecule has 0 fully saturated rings. The molecule has 0 radical (unpaired) electrons. The Morgan fingerprint density at radius 1 is 0.944 bits per heavy atom.